The number of rotatable bonds is 3. The molecule has 0 atom stereocenters. The van der Waals surface area contributed by atoms with Gasteiger partial charge in [0.25, 0.3) is 0 Å². The van der Waals surface area contributed by atoms with Gasteiger partial charge in [0.05, 0.1) is 16.8 Å². The van der Waals surface area contributed by atoms with Crippen LogP contribution in [0, 0.1) is 5.82 Å². The Bertz CT molecular complexity index is 584. The van der Waals surface area contributed by atoms with E-state index in [0.29, 0.717) is 12.0 Å². The van der Waals surface area contributed by atoms with Crippen LogP contribution >= 0.6 is 11.6 Å². The van der Waals surface area contributed by atoms with Crippen molar-refractivity contribution in [1.29, 1.82) is 0 Å². The van der Waals surface area contributed by atoms with Crippen LogP contribution in [0.2, 0.25) is 5.02 Å². The lowest BCUT2D eigenvalue weighted by Crippen LogP contribution is -2.01. The number of halogens is 2. The first kappa shape index (κ1) is 12.6. The van der Waals surface area contributed by atoms with Gasteiger partial charge in [0.15, 0.2) is 5.76 Å². The van der Waals surface area contributed by atoms with E-state index in [1.54, 1.807) is 6.92 Å². The number of furan rings is 1. The van der Waals surface area contributed by atoms with Gasteiger partial charge in [0, 0.05) is 5.56 Å². The quantitative estimate of drug-likeness (QED) is 0.915. The number of carboxylic acids is 1. The Balaban J connectivity index is 2.72. The average molecular weight is 269 g/mol. The fourth-order valence-electron chi connectivity index (χ4n) is 1.79. The molecule has 2 rings (SSSR count). The maximum atomic E-state index is 13.8. The topological polar surface area (TPSA) is 50.4 Å². The summed E-state index contributed by atoms with van der Waals surface area (Å²) in [7, 11) is 0. The van der Waals surface area contributed by atoms with Gasteiger partial charge < -0.3 is 9.52 Å². The number of aryl methyl sites for hydroxylation is 1. The number of hydrogen-bond acceptors (Lipinski definition) is 2. The Kier molecular flexibility index (Phi) is 3.39. The molecule has 0 saturated heterocycles. The smallest absolute Gasteiger partial charge is 0.339 e. The van der Waals surface area contributed by atoms with E-state index in [9.17, 15) is 14.3 Å². The average Bonchev–Trinajstić information content (AvgIpc) is 2.72. The molecule has 5 heteroatoms. The highest BCUT2D eigenvalue weighted by Gasteiger charge is 2.24. The molecule has 0 amide bonds. The van der Waals surface area contributed by atoms with Gasteiger partial charge in [-0.05, 0) is 18.6 Å². The molecular weight excluding hydrogens is 259 g/mol. The number of benzene rings is 1. The van der Waals surface area contributed by atoms with Gasteiger partial charge in [-0.1, -0.05) is 24.6 Å². The second-order valence-corrected chi connectivity index (χ2v) is 4.13. The summed E-state index contributed by atoms with van der Waals surface area (Å²) in [5.74, 6) is -1.81. The van der Waals surface area contributed by atoms with Crippen molar-refractivity contribution in [2.24, 2.45) is 0 Å². The Morgan fingerprint density at radius 1 is 1.50 bits per heavy atom. The molecule has 0 aliphatic heterocycles. The summed E-state index contributed by atoms with van der Waals surface area (Å²) in [4.78, 5) is 11.2. The summed E-state index contributed by atoms with van der Waals surface area (Å²) in [5, 5.41) is 9.30. The van der Waals surface area contributed by atoms with E-state index in [4.69, 9.17) is 16.0 Å². The zero-order valence-corrected chi connectivity index (χ0v) is 10.3. The molecule has 3 nitrogen and oxygen atoms in total. The summed E-state index contributed by atoms with van der Waals surface area (Å²) in [6, 6.07) is 4.14. The lowest BCUT2D eigenvalue weighted by molar-refractivity contribution is 0.0696. The van der Waals surface area contributed by atoms with E-state index in [1.165, 1.54) is 24.5 Å². The minimum Gasteiger partial charge on any atom is -0.478 e. The Hall–Kier alpha value is -1.81. The second kappa shape index (κ2) is 4.82. The van der Waals surface area contributed by atoms with Crippen molar-refractivity contribution in [2.45, 2.75) is 13.3 Å². The molecule has 0 unspecified atom stereocenters. The van der Waals surface area contributed by atoms with Crippen molar-refractivity contribution in [1.82, 2.24) is 0 Å². The molecule has 0 fully saturated rings. The summed E-state index contributed by atoms with van der Waals surface area (Å²) in [5.41, 5.74) is 0.456. The molecule has 1 aromatic heterocycles. The summed E-state index contributed by atoms with van der Waals surface area (Å²) < 4.78 is 18.9. The summed E-state index contributed by atoms with van der Waals surface area (Å²) in [6.45, 7) is 1.80. The minimum atomic E-state index is -1.16. The third-order valence-electron chi connectivity index (χ3n) is 2.65. The van der Waals surface area contributed by atoms with Crippen LogP contribution in [0.25, 0.3) is 11.3 Å². The molecule has 0 aliphatic carbocycles. The minimum absolute atomic E-state index is 0.0173. The predicted octanol–water partition coefficient (Wildman–Crippen LogP) is 4.00. The van der Waals surface area contributed by atoms with Crippen LogP contribution in [0.15, 0.2) is 28.9 Å². The van der Waals surface area contributed by atoms with E-state index in [2.05, 4.69) is 0 Å². The number of carbonyl (C=O) groups is 1. The molecule has 1 aromatic carbocycles. The fraction of sp³-hybridized carbons (Fsp3) is 0.154. The van der Waals surface area contributed by atoms with Gasteiger partial charge in [-0.3, -0.25) is 0 Å². The number of hydrogen-bond donors (Lipinski definition) is 1. The van der Waals surface area contributed by atoms with E-state index >= 15 is 0 Å². The highest BCUT2D eigenvalue weighted by atomic mass is 35.5. The molecule has 94 valence electrons. The SMILES string of the molecule is CCc1coc(-c2c(F)cccc2Cl)c1C(=O)O. The van der Waals surface area contributed by atoms with Crippen LogP contribution < -0.4 is 0 Å². The molecule has 0 radical (unpaired) electrons. The van der Waals surface area contributed by atoms with Crippen LogP contribution in [0.4, 0.5) is 4.39 Å². The molecule has 0 bridgehead atoms. The highest BCUT2D eigenvalue weighted by Crippen LogP contribution is 2.35. The van der Waals surface area contributed by atoms with Gasteiger partial charge >= 0.3 is 5.97 Å². The molecule has 0 spiro atoms. The van der Waals surface area contributed by atoms with Crippen molar-refractivity contribution in [3.05, 3.63) is 46.4 Å². The van der Waals surface area contributed by atoms with E-state index in [1.807, 2.05) is 0 Å². The zero-order chi connectivity index (χ0) is 13.3. The molecule has 0 saturated carbocycles. The maximum absolute atomic E-state index is 13.8. The van der Waals surface area contributed by atoms with Crippen molar-refractivity contribution >= 4 is 17.6 Å². The lowest BCUT2D eigenvalue weighted by Gasteiger charge is -2.04. The number of carboxylic acid groups (broad SMARTS) is 1. The Labute approximate surface area is 108 Å². The summed E-state index contributed by atoms with van der Waals surface area (Å²) >= 11 is 5.90. The van der Waals surface area contributed by atoms with Crippen molar-refractivity contribution in [3.8, 4) is 11.3 Å². The molecule has 1 heterocycles. The molecule has 1 N–H and O–H groups in total. The molecule has 2 aromatic rings. The van der Waals surface area contributed by atoms with Gasteiger partial charge in [0.2, 0.25) is 0 Å². The molecule has 18 heavy (non-hydrogen) atoms. The van der Waals surface area contributed by atoms with E-state index in [-0.39, 0.29) is 21.9 Å². The van der Waals surface area contributed by atoms with Gasteiger partial charge in [-0.2, -0.15) is 0 Å². The summed E-state index contributed by atoms with van der Waals surface area (Å²) in [6.07, 6.45) is 1.80. The Morgan fingerprint density at radius 2 is 2.22 bits per heavy atom. The fourth-order valence-corrected chi connectivity index (χ4v) is 2.04. The second-order valence-electron chi connectivity index (χ2n) is 3.72. The van der Waals surface area contributed by atoms with Crippen LogP contribution in [-0.2, 0) is 6.42 Å². The van der Waals surface area contributed by atoms with Crippen LogP contribution in [0.5, 0.6) is 0 Å². The van der Waals surface area contributed by atoms with E-state index in [0.717, 1.165) is 0 Å². The predicted molar refractivity (Wildman–Crippen MR) is 65.4 cm³/mol. The first-order valence-corrected chi connectivity index (χ1v) is 5.72. The van der Waals surface area contributed by atoms with Gasteiger partial charge in [0.1, 0.15) is 11.4 Å². The van der Waals surface area contributed by atoms with Crippen molar-refractivity contribution < 1.29 is 18.7 Å². The monoisotopic (exact) mass is 268 g/mol. The number of aromatic carboxylic acids is 1. The van der Waals surface area contributed by atoms with Crippen LogP contribution in [0.1, 0.15) is 22.8 Å². The first-order chi connectivity index (χ1) is 8.56. The molecule has 0 aliphatic rings. The first-order valence-electron chi connectivity index (χ1n) is 5.34. The Morgan fingerprint density at radius 3 is 2.78 bits per heavy atom. The standard InChI is InChI=1S/C13H10ClFO3/c1-2-7-6-18-12(10(7)13(16)17)11-8(14)4-3-5-9(11)15/h3-6H,2H2,1H3,(H,16,17). The molecular formula is C13H10ClFO3. The highest BCUT2D eigenvalue weighted by molar-refractivity contribution is 6.33. The maximum Gasteiger partial charge on any atom is 0.339 e. The third-order valence-corrected chi connectivity index (χ3v) is 2.97. The van der Waals surface area contributed by atoms with Crippen molar-refractivity contribution in [3.63, 3.8) is 0 Å². The van der Waals surface area contributed by atoms with Crippen LogP contribution in [-0.4, -0.2) is 11.1 Å². The van der Waals surface area contributed by atoms with Crippen molar-refractivity contribution in [2.75, 3.05) is 0 Å². The normalized spacial score (nSPS) is 10.6. The van der Waals surface area contributed by atoms with Crippen LogP contribution in [0.3, 0.4) is 0 Å². The lowest BCUT2D eigenvalue weighted by atomic mass is 10.0. The van der Waals surface area contributed by atoms with Gasteiger partial charge in [-0.15, -0.1) is 0 Å². The third kappa shape index (κ3) is 1.99. The largest absolute Gasteiger partial charge is 0.478 e. The zero-order valence-electron chi connectivity index (χ0n) is 9.54. The van der Waals surface area contributed by atoms with Gasteiger partial charge in [-0.25, -0.2) is 9.18 Å². The van der Waals surface area contributed by atoms with E-state index < -0.39 is 11.8 Å².